The Bertz CT molecular complexity index is 180. The van der Waals surface area contributed by atoms with Crippen LogP contribution in [0.25, 0.3) is 0 Å². The van der Waals surface area contributed by atoms with Crippen LogP contribution in [0.15, 0.2) is 0 Å². The van der Waals surface area contributed by atoms with Gasteiger partial charge in [-0.3, -0.25) is 4.79 Å². The third-order valence-corrected chi connectivity index (χ3v) is 2.46. The lowest BCUT2D eigenvalue weighted by atomic mass is 9.95. The summed E-state index contributed by atoms with van der Waals surface area (Å²) in [5.74, 6) is 1.17. The normalized spacial score (nSPS) is 23.1. The highest BCUT2D eigenvalue weighted by molar-refractivity contribution is 5.82. The topological polar surface area (TPSA) is 38.3 Å². The fourth-order valence-corrected chi connectivity index (χ4v) is 1.61. The summed E-state index contributed by atoms with van der Waals surface area (Å²) in [6.45, 7) is 7.47. The van der Waals surface area contributed by atoms with Gasteiger partial charge in [0.2, 0.25) is 0 Å². The molecule has 1 rings (SSSR count). The first-order valence-corrected chi connectivity index (χ1v) is 5.51. The van der Waals surface area contributed by atoms with E-state index < -0.39 is 0 Å². The molecule has 3 nitrogen and oxygen atoms in total. The molecule has 1 fully saturated rings. The number of piperidine rings is 1. The molecule has 0 aromatic rings. The zero-order valence-corrected chi connectivity index (χ0v) is 9.21. The summed E-state index contributed by atoms with van der Waals surface area (Å²) in [4.78, 5) is 11.4. The van der Waals surface area contributed by atoms with Crippen LogP contribution >= 0.6 is 0 Å². The van der Waals surface area contributed by atoms with Crippen molar-refractivity contribution in [1.29, 1.82) is 0 Å². The van der Waals surface area contributed by atoms with Crippen molar-refractivity contribution >= 4 is 5.78 Å². The van der Waals surface area contributed by atoms with E-state index in [1.807, 2.05) is 0 Å². The number of nitrogens with one attached hydrogen (secondary N) is 1. The first-order valence-electron chi connectivity index (χ1n) is 5.51. The van der Waals surface area contributed by atoms with Gasteiger partial charge in [0.1, 0.15) is 5.78 Å². The molecule has 0 saturated carbocycles. The summed E-state index contributed by atoms with van der Waals surface area (Å²) in [5, 5.41) is 3.24. The van der Waals surface area contributed by atoms with Gasteiger partial charge in [-0.1, -0.05) is 13.8 Å². The van der Waals surface area contributed by atoms with E-state index in [9.17, 15) is 4.79 Å². The van der Waals surface area contributed by atoms with Crippen molar-refractivity contribution < 1.29 is 9.53 Å². The van der Waals surface area contributed by atoms with Crippen molar-refractivity contribution in [3.63, 3.8) is 0 Å². The molecule has 1 unspecified atom stereocenters. The predicted molar refractivity (Wildman–Crippen MR) is 56.3 cm³/mol. The molecular formula is C11H21NO2. The van der Waals surface area contributed by atoms with Crippen LogP contribution in [0, 0.1) is 11.8 Å². The maximum absolute atomic E-state index is 11.4. The van der Waals surface area contributed by atoms with Gasteiger partial charge in [0.25, 0.3) is 0 Å². The highest BCUT2D eigenvalue weighted by Crippen LogP contribution is 2.10. The second-order valence-corrected chi connectivity index (χ2v) is 4.37. The van der Waals surface area contributed by atoms with E-state index in [1.54, 1.807) is 0 Å². The molecule has 0 radical (unpaired) electrons. The van der Waals surface area contributed by atoms with Crippen molar-refractivity contribution in [2.24, 2.45) is 11.8 Å². The third-order valence-electron chi connectivity index (χ3n) is 2.46. The van der Waals surface area contributed by atoms with Gasteiger partial charge in [0.15, 0.2) is 0 Å². The SMILES string of the molecule is CC(C)COCCC1CNCCC1=O. The van der Waals surface area contributed by atoms with E-state index in [0.717, 1.165) is 32.7 Å². The van der Waals surface area contributed by atoms with Crippen LogP contribution in [-0.2, 0) is 9.53 Å². The summed E-state index contributed by atoms with van der Waals surface area (Å²) in [5.41, 5.74) is 0. The number of rotatable bonds is 5. The zero-order valence-electron chi connectivity index (χ0n) is 9.21. The van der Waals surface area contributed by atoms with Crippen molar-refractivity contribution in [1.82, 2.24) is 5.32 Å². The van der Waals surface area contributed by atoms with Crippen LogP contribution < -0.4 is 5.32 Å². The summed E-state index contributed by atoms with van der Waals surface area (Å²) in [6, 6.07) is 0. The smallest absolute Gasteiger partial charge is 0.138 e. The molecule has 1 saturated heterocycles. The van der Waals surface area contributed by atoms with Crippen molar-refractivity contribution in [2.75, 3.05) is 26.3 Å². The Hall–Kier alpha value is -0.410. The first-order chi connectivity index (χ1) is 6.70. The van der Waals surface area contributed by atoms with Crippen LogP contribution in [-0.4, -0.2) is 32.1 Å². The lowest BCUT2D eigenvalue weighted by molar-refractivity contribution is -0.124. The summed E-state index contributed by atoms with van der Waals surface area (Å²) in [6.07, 6.45) is 1.56. The molecular weight excluding hydrogens is 178 g/mol. The van der Waals surface area contributed by atoms with Crippen molar-refractivity contribution in [3.05, 3.63) is 0 Å². The maximum atomic E-state index is 11.4. The van der Waals surface area contributed by atoms with Gasteiger partial charge in [-0.2, -0.15) is 0 Å². The average Bonchev–Trinajstić information content (AvgIpc) is 2.15. The quantitative estimate of drug-likeness (QED) is 0.677. The van der Waals surface area contributed by atoms with Gasteiger partial charge in [0.05, 0.1) is 0 Å². The van der Waals surface area contributed by atoms with Gasteiger partial charge in [-0.05, 0) is 12.3 Å². The van der Waals surface area contributed by atoms with Crippen molar-refractivity contribution in [3.8, 4) is 0 Å². The van der Waals surface area contributed by atoms with E-state index >= 15 is 0 Å². The van der Waals surface area contributed by atoms with E-state index in [4.69, 9.17) is 4.74 Å². The Morgan fingerprint density at radius 3 is 3.00 bits per heavy atom. The highest BCUT2D eigenvalue weighted by atomic mass is 16.5. The molecule has 0 aliphatic carbocycles. The largest absolute Gasteiger partial charge is 0.381 e. The third kappa shape index (κ3) is 4.20. The lowest BCUT2D eigenvalue weighted by Gasteiger charge is -2.21. The molecule has 1 aliphatic heterocycles. The van der Waals surface area contributed by atoms with Gasteiger partial charge >= 0.3 is 0 Å². The Kier molecular flexibility index (Phi) is 5.12. The summed E-state index contributed by atoms with van der Waals surface area (Å²) < 4.78 is 5.47. The standard InChI is InChI=1S/C11H21NO2/c1-9(2)8-14-6-4-10-7-12-5-3-11(10)13/h9-10,12H,3-8H2,1-2H3. The number of carbonyl (C=O) groups excluding carboxylic acids is 1. The van der Waals surface area contributed by atoms with Crippen LogP contribution in [0.5, 0.6) is 0 Å². The van der Waals surface area contributed by atoms with Crippen LogP contribution in [0.2, 0.25) is 0 Å². The summed E-state index contributed by atoms with van der Waals surface area (Å²) in [7, 11) is 0. The summed E-state index contributed by atoms with van der Waals surface area (Å²) >= 11 is 0. The second kappa shape index (κ2) is 6.14. The molecule has 0 spiro atoms. The molecule has 3 heteroatoms. The van der Waals surface area contributed by atoms with Crippen molar-refractivity contribution in [2.45, 2.75) is 26.7 Å². The molecule has 0 amide bonds. The molecule has 1 N–H and O–H groups in total. The molecule has 14 heavy (non-hydrogen) atoms. The zero-order chi connectivity index (χ0) is 10.4. The van der Waals surface area contributed by atoms with E-state index in [0.29, 0.717) is 18.1 Å². The number of hydrogen-bond donors (Lipinski definition) is 1. The second-order valence-electron chi connectivity index (χ2n) is 4.37. The fourth-order valence-electron chi connectivity index (χ4n) is 1.61. The molecule has 1 aliphatic rings. The molecule has 0 aromatic carbocycles. The number of carbonyl (C=O) groups is 1. The minimum Gasteiger partial charge on any atom is -0.381 e. The minimum absolute atomic E-state index is 0.191. The lowest BCUT2D eigenvalue weighted by Crippen LogP contribution is -2.37. The number of ketones is 1. The van der Waals surface area contributed by atoms with Crippen LogP contribution in [0.3, 0.4) is 0 Å². The monoisotopic (exact) mass is 199 g/mol. The van der Waals surface area contributed by atoms with Gasteiger partial charge in [-0.25, -0.2) is 0 Å². The Labute approximate surface area is 86.2 Å². The molecule has 1 heterocycles. The van der Waals surface area contributed by atoms with Gasteiger partial charge in [-0.15, -0.1) is 0 Å². The van der Waals surface area contributed by atoms with Crippen LogP contribution in [0.1, 0.15) is 26.7 Å². The van der Waals surface area contributed by atoms with E-state index in [1.165, 1.54) is 0 Å². The first kappa shape index (κ1) is 11.7. The Morgan fingerprint density at radius 2 is 2.36 bits per heavy atom. The van der Waals surface area contributed by atoms with Gasteiger partial charge < -0.3 is 10.1 Å². The van der Waals surface area contributed by atoms with Gasteiger partial charge in [0, 0.05) is 38.6 Å². The molecule has 0 aromatic heterocycles. The molecule has 82 valence electrons. The predicted octanol–water partition coefficient (Wildman–Crippen LogP) is 1.23. The number of Topliss-reactive ketones (excluding diaryl/α,β-unsaturated/α-hetero) is 1. The fraction of sp³-hybridized carbons (Fsp3) is 0.909. The van der Waals surface area contributed by atoms with E-state index in [-0.39, 0.29) is 5.92 Å². The van der Waals surface area contributed by atoms with E-state index in [2.05, 4.69) is 19.2 Å². The number of hydrogen-bond acceptors (Lipinski definition) is 3. The van der Waals surface area contributed by atoms with Crippen LogP contribution in [0.4, 0.5) is 0 Å². The average molecular weight is 199 g/mol. The Balaban J connectivity index is 2.07. The Morgan fingerprint density at radius 1 is 1.57 bits per heavy atom. The molecule has 1 atom stereocenters. The highest BCUT2D eigenvalue weighted by Gasteiger charge is 2.21. The molecule has 0 bridgehead atoms. The maximum Gasteiger partial charge on any atom is 0.138 e. The minimum atomic E-state index is 0.191. The number of ether oxygens (including phenoxy) is 1.